The highest BCUT2D eigenvalue weighted by Crippen LogP contribution is 2.46. The number of fused-ring (bicyclic) bond motifs is 1. The summed E-state index contributed by atoms with van der Waals surface area (Å²) < 4.78 is 5.31. The third-order valence-corrected chi connectivity index (χ3v) is 5.06. The Morgan fingerprint density at radius 2 is 2.08 bits per heavy atom. The minimum atomic E-state index is -0.931. The molecule has 1 fully saturated rings. The van der Waals surface area contributed by atoms with Crippen molar-refractivity contribution in [3.8, 4) is 5.75 Å². The molecule has 1 unspecified atom stereocenters. The normalized spacial score (nSPS) is 22.8. The van der Waals surface area contributed by atoms with E-state index in [0.29, 0.717) is 30.8 Å². The fourth-order valence-electron chi connectivity index (χ4n) is 3.79. The van der Waals surface area contributed by atoms with Crippen LogP contribution < -0.4 is 9.64 Å². The third kappa shape index (κ3) is 2.04. The van der Waals surface area contributed by atoms with Crippen molar-refractivity contribution in [1.29, 1.82) is 0 Å². The smallest absolute Gasteiger partial charge is 0.181 e. The number of carbonyl (C=O) groups is 2. The van der Waals surface area contributed by atoms with E-state index >= 15 is 0 Å². The zero-order valence-electron chi connectivity index (χ0n) is 13.5. The third-order valence-electron chi connectivity index (χ3n) is 5.06. The van der Waals surface area contributed by atoms with Gasteiger partial charge in [0.05, 0.1) is 12.7 Å². The molecule has 2 heterocycles. The molecule has 1 aliphatic heterocycles. The quantitative estimate of drug-likeness (QED) is 0.795. The van der Waals surface area contributed by atoms with E-state index < -0.39 is 5.41 Å². The summed E-state index contributed by atoms with van der Waals surface area (Å²) in [4.78, 5) is 32.0. The fraction of sp³-hybridized carbons (Fsp3) is 0.316. The van der Waals surface area contributed by atoms with Gasteiger partial charge < -0.3 is 9.64 Å². The van der Waals surface area contributed by atoms with Crippen molar-refractivity contribution in [2.45, 2.75) is 19.3 Å². The highest BCUT2D eigenvalue weighted by Gasteiger charge is 2.53. The van der Waals surface area contributed by atoms with E-state index in [2.05, 4.69) is 4.98 Å². The van der Waals surface area contributed by atoms with Crippen LogP contribution in [0, 0.1) is 5.41 Å². The molecule has 0 bridgehead atoms. The van der Waals surface area contributed by atoms with Crippen LogP contribution in [0.3, 0.4) is 0 Å². The minimum Gasteiger partial charge on any atom is -0.497 e. The minimum absolute atomic E-state index is 0.0508. The SMILES string of the molecule is COc1cccc(N2CC3(CCCC3=O)C(=O)c3cccnc32)c1. The Balaban J connectivity index is 1.88. The Labute approximate surface area is 140 Å². The van der Waals surface area contributed by atoms with E-state index in [1.807, 2.05) is 29.2 Å². The number of nitrogens with zero attached hydrogens (tertiary/aromatic N) is 2. The molecule has 1 atom stereocenters. The second kappa shape index (κ2) is 5.44. The summed E-state index contributed by atoms with van der Waals surface area (Å²) in [5, 5.41) is 0. The number of hydrogen-bond acceptors (Lipinski definition) is 5. The Hall–Kier alpha value is -2.69. The second-order valence-corrected chi connectivity index (χ2v) is 6.35. The van der Waals surface area contributed by atoms with Crippen molar-refractivity contribution in [3.05, 3.63) is 48.2 Å². The number of methoxy groups -OCH3 is 1. The van der Waals surface area contributed by atoms with Crippen LogP contribution in [-0.4, -0.2) is 30.2 Å². The van der Waals surface area contributed by atoms with E-state index in [0.717, 1.165) is 17.9 Å². The Bertz CT molecular complexity index is 833. The standard InChI is InChI=1S/C19H18N2O3/c1-24-14-6-2-5-13(11-14)21-12-19(9-3-8-16(19)22)17(23)15-7-4-10-20-18(15)21/h2,4-7,10-11H,3,8-9,12H2,1H3. The lowest BCUT2D eigenvalue weighted by Crippen LogP contribution is -2.49. The van der Waals surface area contributed by atoms with Crippen molar-refractivity contribution in [1.82, 2.24) is 4.98 Å². The van der Waals surface area contributed by atoms with Crippen LogP contribution in [0.15, 0.2) is 42.6 Å². The van der Waals surface area contributed by atoms with Gasteiger partial charge in [-0.3, -0.25) is 9.59 Å². The van der Waals surface area contributed by atoms with Gasteiger partial charge in [0.1, 0.15) is 22.8 Å². The van der Waals surface area contributed by atoms with E-state index in [4.69, 9.17) is 4.74 Å². The largest absolute Gasteiger partial charge is 0.497 e. The average Bonchev–Trinajstić information content (AvgIpc) is 2.99. The van der Waals surface area contributed by atoms with Crippen molar-refractivity contribution in [3.63, 3.8) is 0 Å². The van der Waals surface area contributed by atoms with E-state index in [-0.39, 0.29) is 11.6 Å². The van der Waals surface area contributed by atoms with Crippen LogP contribution in [0.25, 0.3) is 0 Å². The van der Waals surface area contributed by atoms with Crippen LogP contribution in [0.5, 0.6) is 5.75 Å². The molecule has 4 rings (SSSR count). The number of carbonyl (C=O) groups excluding carboxylic acids is 2. The van der Waals surface area contributed by atoms with Gasteiger partial charge in [-0.1, -0.05) is 6.07 Å². The first kappa shape index (κ1) is 14.9. The average molecular weight is 322 g/mol. The Kier molecular flexibility index (Phi) is 3.37. The van der Waals surface area contributed by atoms with Gasteiger partial charge in [0.2, 0.25) is 0 Å². The number of anilines is 2. The maximum absolute atomic E-state index is 13.0. The van der Waals surface area contributed by atoms with Crippen LogP contribution in [0.1, 0.15) is 29.6 Å². The molecule has 1 aromatic carbocycles. The van der Waals surface area contributed by atoms with E-state index in [9.17, 15) is 9.59 Å². The summed E-state index contributed by atoms with van der Waals surface area (Å²) in [5.74, 6) is 1.32. The fourth-order valence-corrected chi connectivity index (χ4v) is 3.79. The lowest BCUT2D eigenvalue weighted by Gasteiger charge is -2.39. The van der Waals surface area contributed by atoms with Gasteiger partial charge in [-0.25, -0.2) is 4.98 Å². The monoisotopic (exact) mass is 322 g/mol. The van der Waals surface area contributed by atoms with Crippen LogP contribution in [-0.2, 0) is 4.79 Å². The number of rotatable bonds is 2. The number of ether oxygens (including phenoxy) is 1. The molecule has 0 N–H and O–H groups in total. The maximum Gasteiger partial charge on any atom is 0.181 e. The molecule has 0 radical (unpaired) electrons. The van der Waals surface area contributed by atoms with E-state index in [1.54, 1.807) is 25.4 Å². The zero-order valence-corrected chi connectivity index (χ0v) is 13.5. The molecule has 0 saturated heterocycles. The highest BCUT2D eigenvalue weighted by molar-refractivity contribution is 6.19. The number of benzene rings is 1. The molecular formula is C19H18N2O3. The highest BCUT2D eigenvalue weighted by atomic mass is 16.5. The van der Waals surface area contributed by atoms with Gasteiger partial charge in [-0.05, 0) is 37.1 Å². The number of aromatic nitrogens is 1. The molecular weight excluding hydrogens is 304 g/mol. The summed E-state index contributed by atoms with van der Waals surface area (Å²) >= 11 is 0. The number of pyridine rings is 1. The predicted molar refractivity (Wildman–Crippen MR) is 89.9 cm³/mol. The van der Waals surface area contributed by atoms with Crippen molar-refractivity contribution in [2.75, 3.05) is 18.6 Å². The molecule has 2 aromatic rings. The van der Waals surface area contributed by atoms with Crippen LogP contribution in [0.2, 0.25) is 0 Å². The summed E-state index contributed by atoms with van der Waals surface area (Å²) in [6, 6.07) is 11.1. The second-order valence-electron chi connectivity index (χ2n) is 6.35. The molecule has 0 amide bonds. The molecule has 24 heavy (non-hydrogen) atoms. The molecule has 5 heteroatoms. The Morgan fingerprint density at radius 1 is 1.21 bits per heavy atom. The predicted octanol–water partition coefficient (Wildman–Crippen LogP) is 3.16. The lowest BCUT2D eigenvalue weighted by molar-refractivity contribution is -0.123. The van der Waals surface area contributed by atoms with Gasteiger partial charge in [0, 0.05) is 30.9 Å². The molecule has 1 saturated carbocycles. The first-order valence-electron chi connectivity index (χ1n) is 8.10. The molecule has 2 aliphatic rings. The Morgan fingerprint density at radius 3 is 2.83 bits per heavy atom. The van der Waals surface area contributed by atoms with Gasteiger partial charge in [-0.15, -0.1) is 0 Å². The summed E-state index contributed by atoms with van der Waals surface area (Å²) in [5.41, 5.74) is 0.474. The first-order chi connectivity index (χ1) is 11.7. The maximum atomic E-state index is 13.0. The van der Waals surface area contributed by atoms with Gasteiger partial charge in [0.25, 0.3) is 0 Å². The van der Waals surface area contributed by atoms with E-state index in [1.165, 1.54) is 0 Å². The van der Waals surface area contributed by atoms with Crippen molar-refractivity contribution in [2.24, 2.45) is 5.41 Å². The van der Waals surface area contributed by atoms with Gasteiger partial charge >= 0.3 is 0 Å². The molecule has 1 aromatic heterocycles. The zero-order chi connectivity index (χ0) is 16.7. The van der Waals surface area contributed by atoms with Gasteiger partial charge in [0.15, 0.2) is 5.78 Å². The number of ketones is 2. The molecule has 1 aliphatic carbocycles. The first-order valence-corrected chi connectivity index (χ1v) is 8.10. The molecule has 1 spiro atoms. The molecule has 5 nitrogen and oxygen atoms in total. The summed E-state index contributed by atoms with van der Waals surface area (Å²) in [6.07, 6.45) is 3.53. The van der Waals surface area contributed by atoms with Crippen molar-refractivity contribution >= 4 is 23.1 Å². The summed E-state index contributed by atoms with van der Waals surface area (Å²) in [6.45, 7) is 0.349. The lowest BCUT2D eigenvalue weighted by atomic mass is 9.75. The number of Topliss-reactive ketones (excluding diaryl/α,β-unsaturated/α-hetero) is 2. The topological polar surface area (TPSA) is 59.5 Å². The molecule has 122 valence electrons. The van der Waals surface area contributed by atoms with Crippen LogP contribution >= 0.6 is 0 Å². The number of hydrogen-bond donors (Lipinski definition) is 0. The summed E-state index contributed by atoms with van der Waals surface area (Å²) in [7, 11) is 1.62. The van der Waals surface area contributed by atoms with Gasteiger partial charge in [-0.2, -0.15) is 0 Å². The van der Waals surface area contributed by atoms with Crippen molar-refractivity contribution < 1.29 is 14.3 Å². The van der Waals surface area contributed by atoms with Crippen LogP contribution in [0.4, 0.5) is 11.5 Å².